The van der Waals surface area contributed by atoms with E-state index in [4.69, 9.17) is 9.72 Å². The summed E-state index contributed by atoms with van der Waals surface area (Å²) in [5.74, 6) is -0.118. The number of benzene rings is 1. The van der Waals surface area contributed by atoms with Crippen LogP contribution in [0.15, 0.2) is 48.9 Å². The lowest BCUT2D eigenvalue weighted by Gasteiger charge is -2.29. The van der Waals surface area contributed by atoms with Gasteiger partial charge in [0.25, 0.3) is 5.91 Å². The zero-order valence-corrected chi connectivity index (χ0v) is 23.4. The minimum atomic E-state index is -0.760. The molecule has 2 fully saturated rings. The van der Waals surface area contributed by atoms with Crippen molar-refractivity contribution in [3.63, 3.8) is 0 Å². The van der Waals surface area contributed by atoms with Gasteiger partial charge in [0.1, 0.15) is 11.4 Å². The average Bonchev–Trinajstić information content (AvgIpc) is 3.35. The molecule has 0 bridgehead atoms. The fraction of sp³-hybridized carbons (Fsp3) is 0.419. The number of pyridine rings is 2. The summed E-state index contributed by atoms with van der Waals surface area (Å²) in [6.07, 6.45) is 9.18. The van der Waals surface area contributed by atoms with Crippen LogP contribution < -0.4 is 10.1 Å². The van der Waals surface area contributed by atoms with E-state index in [1.807, 2.05) is 0 Å². The summed E-state index contributed by atoms with van der Waals surface area (Å²) in [7, 11) is 3.64. The number of imidazole rings is 1. The normalized spacial score (nSPS) is 20.3. The number of halogens is 1. The number of aliphatic hydroxyl groups is 1. The minimum absolute atomic E-state index is 0.0138. The Bertz CT molecular complexity index is 1560. The molecule has 2 aliphatic rings. The largest absolute Gasteiger partial charge is 0.496 e. The van der Waals surface area contributed by atoms with Crippen LogP contribution in [0.3, 0.4) is 0 Å². The van der Waals surface area contributed by atoms with Crippen molar-refractivity contribution in [2.45, 2.75) is 56.6 Å². The number of carbonyl (C=O) groups excluding carboxylic acids is 1. The highest BCUT2D eigenvalue weighted by atomic mass is 19.1. The molecule has 9 nitrogen and oxygen atoms in total. The highest BCUT2D eigenvalue weighted by Gasteiger charge is 2.28. The smallest absolute Gasteiger partial charge is 0.261 e. The van der Waals surface area contributed by atoms with Crippen LogP contribution in [-0.4, -0.2) is 68.8 Å². The number of likely N-dealkylation sites (tertiary alicyclic amines) is 1. The summed E-state index contributed by atoms with van der Waals surface area (Å²) in [6, 6.07) is 9.44. The van der Waals surface area contributed by atoms with Gasteiger partial charge in [0.15, 0.2) is 5.82 Å². The first-order valence-corrected chi connectivity index (χ1v) is 14.3. The second-order valence-corrected chi connectivity index (χ2v) is 11.1. The van der Waals surface area contributed by atoms with Gasteiger partial charge >= 0.3 is 0 Å². The molecule has 6 rings (SSSR count). The number of hydrogen-bond acceptors (Lipinski definition) is 7. The fourth-order valence-corrected chi connectivity index (χ4v) is 6.20. The van der Waals surface area contributed by atoms with E-state index in [1.54, 1.807) is 12.3 Å². The number of aliphatic hydroxyl groups excluding tert-OH is 1. The number of amides is 1. The zero-order valence-electron chi connectivity index (χ0n) is 23.4. The standard InChI is InChI=1S/C31H35FN6O3/c1-37-15-11-19(12-16-37)20-3-8-26-25(17-20)35-31(38(26)21-4-6-22(39)7-5-21)36-30(40)23-9-14-34-29(28(23)32)24-18-33-13-10-27(24)41-2/h3,8-10,13-14,17-19,21-22,39H,4-7,11-12,15-16H2,1-2H3,(H,35,36,40). The molecule has 0 spiro atoms. The number of carbonyl (C=O) groups is 1. The van der Waals surface area contributed by atoms with Gasteiger partial charge in [-0.05, 0) is 94.4 Å². The molecule has 1 saturated carbocycles. The van der Waals surface area contributed by atoms with E-state index in [0.717, 1.165) is 49.8 Å². The Morgan fingerprint density at radius 1 is 1.07 bits per heavy atom. The van der Waals surface area contributed by atoms with Crippen LogP contribution in [0.4, 0.5) is 10.3 Å². The summed E-state index contributed by atoms with van der Waals surface area (Å²) in [6.45, 7) is 2.13. The molecule has 1 aliphatic carbocycles. The molecule has 4 aromatic rings. The van der Waals surface area contributed by atoms with E-state index >= 15 is 4.39 Å². The first kappa shape index (κ1) is 27.3. The molecular formula is C31H35FN6O3. The van der Waals surface area contributed by atoms with Gasteiger partial charge in [-0.25, -0.2) is 9.37 Å². The maximum atomic E-state index is 15.8. The number of piperidine rings is 1. The SMILES string of the molecule is COc1ccncc1-c1nccc(C(=O)Nc2nc3cc(C4CCN(C)CC4)ccc3n2C2CCC(O)CC2)c1F. The van der Waals surface area contributed by atoms with Gasteiger partial charge in [0, 0.05) is 24.6 Å². The summed E-state index contributed by atoms with van der Waals surface area (Å²) >= 11 is 0. The molecule has 1 amide bonds. The molecule has 1 saturated heterocycles. The number of fused-ring (bicyclic) bond motifs is 1. The topological polar surface area (TPSA) is 105 Å². The van der Waals surface area contributed by atoms with Crippen LogP contribution in [0.5, 0.6) is 5.75 Å². The quantitative estimate of drug-likeness (QED) is 0.336. The van der Waals surface area contributed by atoms with E-state index in [0.29, 0.717) is 36.0 Å². The number of aromatic nitrogens is 4. The molecule has 0 unspecified atom stereocenters. The van der Waals surface area contributed by atoms with Crippen molar-refractivity contribution in [1.82, 2.24) is 24.4 Å². The number of anilines is 1. The summed E-state index contributed by atoms with van der Waals surface area (Å²) in [5, 5.41) is 13.0. The van der Waals surface area contributed by atoms with Gasteiger partial charge in [0.05, 0.1) is 35.4 Å². The molecule has 1 aromatic carbocycles. The molecule has 3 aromatic heterocycles. The maximum absolute atomic E-state index is 15.8. The molecule has 4 heterocycles. The van der Waals surface area contributed by atoms with Crippen molar-refractivity contribution in [2.24, 2.45) is 0 Å². The van der Waals surface area contributed by atoms with E-state index in [1.165, 1.54) is 31.1 Å². The highest BCUT2D eigenvalue weighted by Crippen LogP contribution is 2.37. The maximum Gasteiger partial charge on any atom is 0.261 e. The Morgan fingerprint density at radius 3 is 2.61 bits per heavy atom. The van der Waals surface area contributed by atoms with Gasteiger partial charge in [-0.3, -0.25) is 20.1 Å². The third kappa shape index (κ3) is 5.41. The molecule has 0 radical (unpaired) electrons. The van der Waals surface area contributed by atoms with Gasteiger partial charge in [-0.2, -0.15) is 0 Å². The minimum Gasteiger partial charge on any atom is -0.496 e. The van der Waals surface area contributed by atoms with Crippen molar-refractivity contribution in [2.75, 3.05) is 32.6 Å². The fourth-order valence-electron chi connectivity index (χ4n) is 6.20. The van der Waals surface area contributed by atoms with Crippen LogP contribution in [-0.2, 0) is 0 Å². The highest BCUT2D eigenvalue weighted by molar-refractivity contribution is 6.05. The monoisotopic (exact) mass is 558 g/mol. The molecule has 0 atom stereocenters. The Kier molecular flexibility index (Phi) is 7.68. The van der Waals surface area contributed by atoms with E-state index in [9.17, 15) is 9.90 Å². The lowest BCUT2D eigenvalue weighted by molar-refractivity contribution is 0.101. The number of nitrogens with one attached hydrogen (secondary N) is 1. The molecule has 2 N–H and O–H groups in total. The zero-order chi connectivity index (χ0) is 28.5. The first-order valence-electron chi connectivity index (χ1n) is 14.3. The van der Waals surface area contributed by atoms with Gasteiger partial charge < -0.3 is 19.3 Å². The van der Waals surface area contributed by atoms with Crippen LogP contribution >= 0.6 is 0 Å². The number of ether oxygens (including phenoxy) is 1. The van der Waals surface area contributed by atoms with E-state index in [2.05, 4.69) is 50.0 Å². The Labute approximate surface area is 238 Å². The molecule has 214 valence electrons. The van der Waals surface area contributed by atoms with E-state index < -0.39 is 11.7 Å². The van der Waals surface area contributed by atoms with Crippen LogP contribution in [0.2, 0.25) is 0 Å². The molecule has 1 aliphatic heterocycles. The summed E-state index contributed by atoms with van der Waals surface area (Å²) in [4.78, 5) is 29.0. The van der Waals surface area contributed by atoms with Crippen molar-refractivity contribution < 1.29 is 19.0 Å². The van der Waals surface area contributed by atoms with Crippen molar-refractivity contribution in [3.05, 3.63) is 65.9 Å². The Hall–Kier alpha value is -3.89. The number of methoxy groups -OCH3 is 1. The third-order valence-corrected chi connectivity index (χ3v) is 8.55. The van der Waals surface area contributed by atoms with E-state index in [-0.39, 0.29) is 23.4 Å². The number of hydrogen-bond donors (Lipinski definition) is 2. The summed E-state index contributed by atoms with van der Waals surface area (Å²) in [5.41, 5.74) is 3.18. The van der Waals surface area contributed by atoms with Crippen LogP contribution in [0, 0.1) is 5.82 Å². The Morgan fingerprint density at radius 2 is 1.85 bits per heavy atom. The summed E-state index contributed by atoms with van der Waals surface area (Å²) < 4.78 is 23.2. The first-order chi connectivity index (χ1) is 19.9. The van der Waals surface area contributed by atoms with Crippen molar-refractivity contribution in [3.8, 4) is 17.0 Å². The van der Waals surface area contributed by atoms with Crippen molar-refractivity contribution >= 4 is 22.9 Å². The van der Waals surface area contributed by atoms with Gasteiger partial charge in [-0.15, -0.1) is 0 Å². The second kappa shape index (κ2) is 11.5. The number of nitrogens with zero attached hydrogens (tertiary/aromatic N) is 5. The predicted molar refractivity (Wildman–Crippen MR) is 155 cm³/mol. The number of rotatable bonds is 6. The lowest BCUT2D eigenvalue weighted by Crippen LogP contribution is -2.29. The third-order valence-electron chi connectivity index (χ3n) is 8.55. The lowest BCUT2D eigenvalue weighted by atomic mass is 9.89. The second-order valence-electron chi connectivity index (χ2n) is 11.1. The average molecular weight is 559 g/mol. The van der Waals surface area contributed by atoms with Crippen LogP contribution in [0.25, 0.3) is 22.3 Å². The van der Waals surface area contributed by atoms with Gasteiger partial charge in [0.2, 0.25) is 5.95 Å². The molecule has 10 heteroatoms. The van der Waals surface area contributed by atoms with Crippen LogP contribution in [0.1, 0.15) is 66.4 Å². The van der Waals surface area contributed by atoms with Gasteiger partial charge in [-0.1, -0.05) is 6.07 Å². The van der Waals surface area contributed by atoms with Crippen molar-refractivity contribution in [1.29, 1.82) is 0 Å². The Balaban J connectivity index is 1.36. The molecule has 41 heavy (non-hydrogen) atoms. The molecular weight excluding hydrogens is 523 g/mol. The predicted octanol–water partition coefficient (Wildman–Crippen LogP) is 5.18.